The van der Waals surface area contributed by atoms with Gasteiger partial charge in [0.25, 0.3) is 0 Å². The smallest absolute Gasteiger partial charge is 0.338 e. The van der Waals surface area contributed by atoms with Gasteiger partial charge in [-0.05, 0) is 17.7 Å². The van der Waals surface area contributed by atoms with Gasteiger partial charge in [0.15, 0.2) is 5.56 Å². The third-order valence-electron chi connectivity index (χ3n) is 2.10. The molecule has 1 unspecified atom stereocenters. The average Bonchev–Trinajstić information content (AvgIpc) is 2.38. The summed E-state index contributed by atoms with van der Waals surface area (Å²) in [5.74, 6) is -0.416. The van der Waals surface area contributed by atoms with E-state index in [9.17, 15) is 4.79 Å². The van der Waals surface area contributed by atoms with Crippen molar-refractivity contribution in [3.05, 3.63) is 42.0 Å². The van der Waals surface area contributed by atoms with Crippen LogP contribution in [0.2, 0.25) is 0 Å². The quantitative estimate of drug-likeness (QED) is 0.468. The summed E-state index contributed by atoms with van der Waals surface area (Å²) < 4.78 is 9.91. The van der Waals surface area contributed by atoms with Crippen LogP contribution in [0.15, 0.2) is 30.8 Å². The fraction of sp³-hybridized carbons (Fsp3) is 0.308. The number of alkyl halides is 1. The predicted molar refractivity (Wildman–Crippen MR) is 69.5 cm³/mol. The maximum atomic E-state index is 11.6. The standard InChI is InChI=1S/C13H15ClO4/c1-2-10-3-5-11(6-4-10)13(16)18-8-7-17-9-12(14)15/h2-6,12,15H,1,7-9H2. The van der Waals surface area contributed by atoms with Crippen molar-refractivity contribution in [1.82, 2.24) is 0 Å². The molecule has 1 atom stereocenters. The first-order chi connectivity index (χ1) is 8.63. The fourth-order valence-electron chi connectivity index (χ4n) is 1.21. The minimum atomic E-state index is -1.04. The zero-order chi connectivity index (χ0) is 13.4. The fourth-order valence-corrected chi connectivity index (χ4v) is 1.30. The Bertz CT molecular complexity index is 386. The number of esters is 1. The van der Waals surface area contributed by atoms with Crippen LogP contribution < -0.4 is 0 Å². The van der Waals surface area contributed by atoms with E-state index < -0.39 is 11.5 Å². The Balaban J connectivity index is 2.29. The highest BCUT2D eigenvalue weighted by Gasteiger charge is 2.06. The van der Waals surface area contributed by atoms with Crippen LogP contribution in [0.4, 0.5) is 0 Å². The summed E-state index contributed by atoms with van der Waals surface area (Å²) >= 11 is 5.26. The molecular formula is C13H15ClO4. The van der Waals surface area contributed by atoms with Crippen molar-refractivity contribution in [2.45, 2.75) is 5.56 Å². The summed E-state index contributed by atoms with van der Waals surface area (Å²) in [6.07, 6.45) is 1.69. The molecule has 0 saturated heterocycles. The molecule has 0 amide bonds. The Kier molecular flexibility index (Phi) is 6.43. The molecule has 1 aromatic carbocycles. The number of aliphatic hydroxyl groups is 1. The number of benzene rings is 1. The van der Waals surface area contributed by atoms with Gasteiger partial charge in [0.1, 0.15) is 6.61 Å². The lowest BCUT2D eigenvalue weighted by Crippen LogP contribution is -2.14. The second-order valence-corrected chi connectivity index (χ2v) is 3.98. The molecule has 0 fully saturated rings. The van der Waals surface area contributed by atoms with Crippen LogP contribution in [-0.4, -0.2) is 36.5 Å². The molecule has 0 aromatic heterocycles. The number of rotatable bonds is 7. The maximum absolute atomic E-state index is 11.6. The molecule has 0 heterocycles. The molecular weight excluding hydrogens is 256 g/mol. The van der Waals surface area contributed by atoms with Crippen LogP contribution in [0.25, 0.3) is 6.08 Å². The zero-order valence-electron chi connectivity index (χ0n) is 9.84. The second kappa shape index (κ2) is 7.87. The molecule has 18 heavy (non-hydrogen) atoms. The van der Waals surface area contributed by atoms with Gasteiger partial charge < -0.3 is 14.6 Å². The Morgan fingerprint density at radius 3 is 2.61 bits per heavy atom. The van der Waals surface area contributed by atoms with E-state index in [1.807, 2.05) is 0 Å². The molecule has 0 aliphatic carbocycles. The maximum Gasteiger partial charge on any atom is 0.338 e. The lowest BCUT2D eigenvalue weighted by molar-refractivity contribution is 0.0213. The zero-order valence-corrected chi connectivity index (χ0v) is 10.6. The Morgan fingerprint density at radius 2 is 2.06 bits per heavy atom. The number of hydrogen-bond acceptors (Lipinski definition) is 4. The molecule has 5 heteroatoms. The molecule has 0 radical (unpaired) electrons. The van der Waals surface area contributed by atoms with E-state index in [-0.39, 0.29) is 19.8 Å². The van der Waals surface area contributed by atoms with Gasteiger partial charge in [-0.25, -0.2) is 4.79 Å². The molecule has 4 nitrogen and oxygen atoms in total. The van der Waals surface area contributed by atoms with E-state index in [2.05, 4.69) is 6.58 Å². The number of ether oxygens (including phenoxy) is 2. The van der Waals surface area contributed by atoms with Gasteiger partial charge in [0, 0.05) is 0 Å². The molecule has 98 valence electrons. The Morgan fingerprint density at radius 1 is 1.39 bits per heavy atom. The normalized spacial score (nSPS) is 11.9. The number of aliphatic hydroxyl groups excluding tert-OH is 1. The van der Waals surface area contributed by atoms with Crippen LogP contribution in [-0.2, 0) is 9.47 Å². The van der Waals surface area contributed by atoms with Crippen LogP contribution in [0.3, 0.4) is 0 Å². The van der Waals surface area contributed by atoms with Gasteiger partial charge in [-0.1, -0.05) is 36.4 Å². The largest absolute Gasteiger partial charge is 0.460 e. The molecule has 0 aliphatic rings. The van der Waals surface area contributed by atoms with Crippen molar-refractivity contribution in [3.63, 3.8) is 0 Å². The van der Waals surface area contributed by atoms with Crippen molar-refractivity contribution in [2.75, 3.05) is 19.8 Å². The minimum absolute atomic E-state index is 0.00708. The van der Waals surface area contributed by atoms with E-state index in [0.29, 0.717) is 5.56 Å². The molecule has 1 rings (SSSR count). The average molecular weight is 271 g/mol. The molecule has 0 spiro atoms. The summed E-state index contributed by atoms with van der Waals surface area (Å²) in [6, 6.07) is 6.90. The van der Waals surface area contributed by atoms with Gasteiger partial charge >= 0.3 is 5.97 Å². The third-order valence-corrected chi connectivity index (χ3v) is 2.22. The van der Waals surface area contributed by atoms with Crippen LogP contribution >= 0.6 is 11.6 Å². The lowest BCUT2D eigenvalue weighted by Gasteiger charge is -2.06. The summed E-state index contributed by atoms with van der Waals surface area (Å²) in [6.45, 7) is 3.94. The van der Waals surface area contributed by atoms with Crippen LogP contribution in [0.5, 0.6) is 0 Å². The van der Waals surface area contributed by atoms with Crippen molar-refractivity contribution < 1.29 is 19.4 Å². The van der Waals surface area contributed by atoms with E-state index in [4.69, 9.17) is 26.2 Å². The first kappa shape index (κ1) is 14.7. The van der Waals surface area contributed by atoms with E-state index in [1.165, 1.54) is 0 Å². The van der Waals surface area contributed by atoms with Crippen molar-refractivity contribution in [1.29, 1.82) is 0 Å². The van der Waals surface area contributed by atoms with E-state index in [0.717, 1.165) is 5.56 Å². The first-order valence-corrected chi connectivity index (χ1v) is 5.86. The van der Waals surface area contributed by atoms with Gasteiger partial charge in [-0.15, -0.1) is 0 Å². The number of carbonyl (C=O) groups excluding carboxylic acids is 1. The van der Waals surface area contributed by atoms with Crippen molar-refractivity contribution in [2.24, 2.45) is 0 Å². The summed E-state index contributed by atoms with van der Waals surface area (Å²) in [5, 5.41) is 8.71. The van der Waals surface area contributed by atoms with Crippen molar-refractivity contribution in [3.8, 4) is 0 Å². The molecule has 0 bridgehead atoms. The molecule has 0 saturated carbocycles. The first-order valence-electron chi connectivity index (χ1n) is 5.43. The molecule has 1 N–H and O–H groups in total. The highest BCUT2D eigenvalue weighted by atomic mass is 35.5. The van der Waals surface area contributed by atoms with E-state index in [1.54, 1.807) is 30.3 Å². The van der Waals surface area contributed by atoms with Crippen molar-refractivity contribution >= 4 is 23.6 Å². The monoisotopic (exact) mass is 270 g/mol. The van der Waals surface area contributed by atoms with E-state index >= 15 is 0 Å². The second-order valence-electron chi connectivity index (χ2n) is 3.47. The number of carbonyl (C=O) groups is 1. The van der Waals surface area contributed by atoms with Gasteiger partial charge in [-0.2, -0.15) is 0 Å². The summed E-state index contributed by atoms with van der Waals surface area (Å²) in [4.78, 5) is 11.6. The topological polar surface area (TPSA) is 55.8 Å². The van der Waals surface area contributed by atoms with Crippen LogP contribution in [0.1, 0.15) is 15.9 Å². The Hall–Kier alpha value is -1.36. The highest BCUT2D eigenvalue weighted by Crippen LogP contribution is 2.06. The van der Waals surface area contributed by atoms with Gasteiger partial charge in [0.2, 0.25) is 0 Å². The van der Waals surface area contributed by atoms with Gasteiger partial charge in [0.05, 0.1) is 18.8 Å². The number of halogens is 1. The molecule has 1 aromatic rings. The number of hydrogen-bond donors (Lipinski definition) is 1. The highest BCUT2D eigenvalue weighted by molar-refractivity contribution is 6.19. The molecule has 0 aliphatic heterocycles. The summed E-state index contributed by atoms with van der Waals surface area (Å²) in [7, 11) is 0. The minimum Gasteiger partial charge on any atom is -0.460 e. The SMILES string of the molecule is C=Cc1ccc(C(=O)OCCOCC(O)Cl)cc1. The summed E-state index contributed by atoms with van der Waals surface area (Å²) in [5.41, 5.74) is 0.371. The predicted octanol–water partition coefficient (Wildman–Crippen LogP) is 2.06. The van der Waals surface area contributed by atoms with Gasteiger partial charge in [-0.3, -0.25) is 0 Å². The third kappa shape index (κ3) is 5.31. The Labute approximate surface area is 111 Å². The van der Waals surface area contributed by atoms with Crippen LogP contribution in [0, 0.1) is 0 Å². The lowest BCUT2D eigenvalue weighted by atomic mass is 10.1.